The summed E-state index contributed by atoms with van der Waals surface area (Å²) < 4.78 is 14.9. The van der Waals surface area contributed by atoms with Crippen molar-refractivity contribution in [2.24, 2.45) is 0 Å². The smallest absolute Gasteiger partial charge is 0.262 e. The van der Waals surface area contributed by atoms with Gasteiger partial charge in [-0.1, -0.05) is 35.9 Å². The fourth-order valence-corrected chi connectivity index (χ4v) is 4.14. The number of halogens is 1. The summed E-state index contributed by atoms with van der Waals surface area (Å²) in [5.74, 6) is -0.706. The molecule has 0 saturated carbocycles. The van der Waals surface area contributed by atoms with E-state index >= 15 is 0 Å². The molecule has 4 aromatic rings. The molecule has 0 atom stereocenters. The zero-order chi connectivity index (χ0) is 21.3. The van der Waals surface area contributed by atoms with Crippen LogP contribution in [-0.2, 0) is 11.3 Å². The summed E-state index contributed by atoms with van der Waals surface area (Å²) >= 11 is 1.43. The first-order valence-corrected chi connectivity index (χ1v) is 10.4. The molecule has 5 nitrogen and oxygen atoms in total. The molecule has 1 amide bonds. The summed E-state index contributed by atoms with van der Waals surface area (Å²) in [5, 5.41) is 5.20. The number of fused-ring (bicyclic) bond motifs is 1. The molecule has 4 rings (SSSR count). The molecule has 0 aliphatic heterocycles. The Labute approximate surface area is 176 Å². The van der Waals surface area contributed by atoms with Crippen molar-refractivity contribution in [3.05, 3.63) is 81.5 Å². The number of benzene rings is 2. The molecular weight excluding hydrogens is 401 g/mol. The van der Waals surface area contributed by atoms with Crippen molar-refractivity contribution < 1.29 is 9.18 Å². The molecule has 2 aromatic carbocycles. The van der Waals surface area contributed by atoms with Crippen LogP contribution in [-0.4, -0.2) is 15.5 Å². The fourth-order valence-electron chi connectivity index (χ4n) is 3.24. The molecule has 2 heterocycles. The van der Waals surface area contributed by atoms with Crippen LogP contribution < -0.4 is 10.9 Å². The van der Waals surface area contributed by atoms with Gasteiger partial charge in [-0.3, -0.25) is 14.2 Å². The summed E-state index contributed by atoms with van der Waals surface area (Å²) in [6.07, 6.45) is 1.55. The van der Waals surface area contributed by atoms with E-state index in [1.54, 1.807) is 13.0 Å². The van der Waals surface area contributed by atoms with Crippen molar-refractivity contribution in [2.75, 3.05) is 5.32 Å². The van der Waals surface area contributed by atoms with Crippen LogP contribution in [0.25, 0.3) is 21.3 Å². The molecule has 0 bridgehead atoms. The van der Waals surface area contributed by atoms with Crippen LogP contribution in [0.4, 0.5) is 10.1 Å². The van der Waals surface area contributed by atoms with Gasteiger partial charge in [0, 0.05) is 29.6 Å². The van der Waals surface area contributed by atoms with E-state index in [-0.39, 0.29) is 24.4 Å². The molecule has 2 aromatic heterocycles. The van der Waals surface area contributed by atoms with Crippen LogP contribution in [0.15, 0.2) is 59.0 Å². The molecule has 7 heteroatoms. The number of hydrogen-bond donors (Lipinski definition) is 1. The van der Waals surface area contributed by atoms with Gasteiger partial charge in [0.05, 0.1) is 11.7 Å². The number of anilines is 1. The average molecular weight is 421 g/mol. The summed E-state index contributed by atoms with van der Waals surface area (Å²) in [6, 6.07) is 12.2. The Kier molecular flexibility index (Phi) is 5.46. The van der Waals surface area contributed by atoms with Gasteiger partial charge in [0.1, 0.15) is 10.6 Å². The van der Waals surface area contributed by atoms with Crippen LogP contribution in [0.2, 0.25) is 0 Å². The summed E-state index contributed by atoms with van der Waals surface area (Å²) in [4.78, 5) is 30.5. The van der Waals surface area contributed by atoms with Crippen molar-refractivity contribution in [1.82, 2.24) is 9.55 Å². The van der Waals surface area contributed by atoms with Crippen molar-refractivity contribution in [1.29, 1.82) is 0 Å². The molecular formula is C23H20FN3O2S. The fraction of sp³-hybridized carbons (Fsp3) is 0.174. The number of carbonyl (C=O) groups is 1. The van der Waals surface area contributed by atoms with Crippen molar-refractivity contribution in [2.45, 2.75) is 26.8 Å². The second-order valence-electron chi connectivity index (χ2n) is 7.20. The van der Waals surface area contributed by atoms with Crippen LogP contribution in [0, 0.1) is 19.7 Å². The highest BCUT2D eigenvalue weighted by atomic mass is 32.1. The second-order valence-corrected chi connectivity index (χ2v) is 8.05. The zero-order valence-electron chi connectivity index (χ0n) is 16.6. The number of nitrogens with one attached hydrogen (secondary N) is 1. The van der Waals surface area contributed by atoms with Gasteiger partial charge in [0.25, 0.3) is 5.56 Å². The van der Waals surface area contributed by atoms with E-state index in [2.05, 4.69) is 10.3 Å². The van der Waals surface area contributed by atoms with Gasteiger partial charge in [-0.05, 0) is 37.1 Å². The monoisotopic (exact) mass is 421 g/mol. The van der Waals surface area contributed by atoms with Gasteiger partial charge >= 0.3 is 0 Å². The van der Waals surface area contributed by atoms with Gasteiger partial charge < -0.3 is 5.32 Å². The van der Waals surface area contributed by atoms with Crippen LogP contribution in [0.5, 0.6) is 0 Å². The molecule has 0 unspecified atom stereocenters. The van der Waals surface area contributed by atoms with Crippen molar-refractivity contribution >= 4 is 33.1 Å². The summed E-state index contributed by atoms with van der Waals surface area (Å²) in [7, 11) is 0. The maximum Gasteiger partial charge on any atom is 0.262 e. The first-order chi connectivity index (χ1) is 14.4. The van der Waals surface area contributed by atoms with E-state index in [9.17, 15) is 14.0 Å². The highest BCUT2D eigenvalue weighted by molar-refractivity contribution is 7.17. The molecule has 30 heavy (non-hydrogen) atoms. The Morgan fingerprint density at radius 2 is 1.93 bits per heavy atom. The maximum absolute atomic E-state index is 13.4. The standard InChI is InChI=1S/C23H20FN3O2S/c1-14-3-6-16(7-4-14)18-12-30-22-21(18)23(29)27(13-25-22)10-9-20(28)26-19-11-17(24)8-5-15(19)2/h3-8,11-13H,9-10H2,1-2H3,(H,26,28). The maximum atomic E-state index is 13.4. The third-order valence-electron chi connectivity index (χ3n) is 4.98. The molecule has 0 fully saturated rings. The molecule has 0 saturated heterocycles. The number of thiophene rings is 1. The molecule has 152 valence electrons. The van der Waals surface area contributed by atoms with Crippen LogP contribution in [0.1, 0.15) is 17.5 Å². The Balaban J connectivity index is 1.56. The first kappa shape index (κ1) is 20.0. The number of carbonyl (C=O) groups excluding carboxylic acids is 1. The number of aromatic nitrogens is 2. The highest BCUT2D eigenvalue weighted by Crippen LogP contribution is 2.30. The largest absolute Gasteiger partial charge is 0.326 e. The lowest BCUT2D eigenvalue weighted by molar-refractivity contribution is -0.116. The summed E-state index contributed by atoms with van der Waals surface area (Å²) in [5.41, 5.74) is 3.98. The average Bonchev–Trinajstić information content (AvgIpc) is 3.16. The normalized spacial score (nSPS) is 11.0. The minimum absolute atomic E-state index is 0.0764. The Hall–Kier alpha value is -3.32. The lowest BCUT2D eigenvalue weighted by Crippen LogP contribution is -2.23. The van der Waals surface area contributed by atoms with Gasteiger partial charge in [-0.25, -0.2) is 9.37 Å². The first-order valence-electron chi connectivity index (χ1n) is 9.52. The Morgan fingerprint density at radius 1 is 1.17 bits per heavy atom. The van der Waals surface area contributed by atoms with E-state index in [1.807, 2.05) is 36.6 Å². The van der Waals surface area contributed by atoms with Gasteiger partial charge in [-0.2, -0.15) is 0 Å². The minimum atomic E-state index is -0.414. The number of aryl methyl sites for hydroxylation is 3. The van der Waals surface area contributed by atoms with Crippen LogP contribution >= 0.6 is 11.3 Å². The second kappa shape index (κ2) is 8.20. The molecule has 1 N–H and O–H groups in total. The summed E-state index contributed by atoms with van der Waals surface area (Å²) in [6.45, 7) is 3.99. The van der Waals surface area contributed by atoms with E-state index in [0.717, 1.165) is 22.3 Å². The Bertz CT molecular complexity index is 1290. The number of amides is 1. The molecule has 0 spiro atoms. The predicted molar refractivity (Wildman–Crippen MR) is 118 cm³/mol. The molecule has 0 radical (unpaired) electrons. The topological polar surface area (TPSA) is 64.0 Å². The third kappa shape index (κ3) is 4.02. The number of hydrogen-bond acceptors (Lipinski definition) is 4. The van der Waals surface area contributed by atoms with Gasteiger partial charge in [0.15, 0.2) is 0 Å². The van der Waals surface area contributed by atoms with Gasteiger partial charge in [-0.15, -0.1) is 11.3 Å². The van der Waals surface area contributed by atoms with Gasteiger partial charge in [0.2, 0.25) is 5.91 Å². The SMILES string of the molecule is Cc1ccc(-c2csc3ncn(CCC(=O)Nc4cc(F)ccc4C)c(=O)c23)cc1. The van der Waals surface area contributed by atoms with Crippen molar-refractivity contribution in [3.8, 4) is 11.1 Å². The molecule has 0 aliphatic carbocycles. The quantitative estimate of drug-likeness (QED) is 0.498. The van der Waals surface area contributed by atoms with E-state index in [4.69, 9.17) is 0 Å². The van der Waals surface area contributed by atoms with Crippen LogP contribution in [0.3, 0.4) is 0 Å². The van der Waals surface area contributed by atoms with Crippen molar-refractivity contribution in [3.63, 3.8) is 0 Å². The van der Waals surface area contributed by atoms with E-state index in [0.29, 0.717) is 15.9 Å². The highest BCUT2D eigenvalue weighted by Gasteiger charge is 2.14. The number of nitrogens with zero attached hydrogens (tertiary/aromatic N) is 2. The van der Waals surface area contributed by atoms with E-state index < -0.39 is 5.82 Å². The number of rotatable bonds is 5. The molecule has 0 aliphatic rings. The lowest BCUT2D eigenvalue weighted by Gasteiger charge is -2.09. The minimum Gasteiger partial charge on any atom is -0.326 e. The third-order valence-corrected chi connectivity index (χ3v) is 5.86. The predicted octanol–water partition coefficient (Wildman–Crippen LogP) is 4.91. The lowest BCUT2D eigenvalue weighted by atomic mass is 10.1. The Morgan fingerprint density at radius 3 is 2.70 bits per heavy atom. The van der Waals surface area contributed by atoms with E-state index in [1.165, 1.54) is 34.4 Å². The zero-order valence-corrected chi connectivity index (χ0v) is 17.4.